The summed E-state index contributed by atoms with van der Waals surface area (Å²) in [5, 5.41) is 19.4. The molecular weight excluding hydrogens is 164 g/mol. The van der Waals surface area contributed by atoms with E-state index in [1.807, 2.05) is 20.8 Å². The van der Waals surface area contributed by atoms with E-state index in [0.29, 0.717) is 5.92 Å². The van der Waals surface area contributed by atoms with Gasteiger partial charge in [0.15, 0.2) is 0 Å². The molecule has 0 aromatic heterocycles. The second-order valence-corrected chi connectivity index (χ2v) is 5.38. The highest BCUT2D eigenvalue weighted by molar-refractivity contribution is 4.82. The molecule has 2 heteroatoms. The van der Waals surface area contributed by atoms with Crippen LogP contribution in [0.3, 0.4) is 0 Å². The standard InChI is InChI=1S/C11H22O2/c1-11(2,3)10(13)7-8-5-4-6-9(8)12/h8-10,12-13H,4-7H2,1-3H3. The highest BCUT2D eigenvalue weighted by atomic mass is 16.3. The minimum atomic E-state index is -0.287. The SMILES string of the molecule is CC(C)(C)C(O)CC1CCCC1O. The van der Waals surface area contributed by atoms with Gasteiger partial charge in [0.05, 0.1) is 12.2 Å². The Morgan fingerprint density at radius 1 is 1.31 bits per heavy atom. The molecule has 2 N–H and O–H groups in total. The van der Waals surface area contributed by atoms with Crippen molar-refractivity contribution < 1.29 is 10.2 Å². The van der Waals surface area contributed by atoms with E-state index < -0.39 is 0 Å². The van der Waals surface area contributed by atoms with Crippen LogP contribution in [0.1, 0.15) is 46.5 Å². The first-order valence-electron chi connectivity index (χ1n) is 5.27. The van der Waals surface area contributed by atoms with E-state index in [9.17, 15) is 10.2 Å². The lowest BCUT2D eigenvalue weighted by molar-refractivity contribution is 0.0192. The fourth-order valence-electron chi connectivity index (χ4n) is 1.93. The van der Waals surface area contributed by atoms with Crippen LogP contribution in [0.5, 0.6) is 0 Å². The van der Waals surface area contributed by atoms with E-state index >= 15 is 0 Å². The summed E-state index contributed by atoms with van der Waals surface area (Å²) in [4.78, 5) is 0. The summed E-state index contributed by atoms with van der Waals surface area (Å²) in [6.45, 7) is 6.12. The first-order chi connectivity index (χ1) is 5.91. The lowest BCUT2D eigenvalue weighted by Crippen LogP contribution is -2.30. The summed E-state index contributed by atoms with van der Waals surface area (Å²) in [6, 6.07) is 0. The number of aliphatic hydroxyl groups is 2. The molecule has 1 aliphatic rings. The van der Waals surface area contributed by atoms with E-state index in [2.05, 4.69) is 0 Å². The van der Waals surface area contributed by atoms with Gasteiger partial charge in [0.2, 0.25) is 0 Å². The molecule has 0 aromatic carbocycles. The third-order valence-corrected chi connectivity index (χ3v) is 3.14. The van der Waals surface area contributed by atoms with Crippen LogP contribution in [0, 0.1) is 11.3 Å². The molecule has 0 radical (unpaired) electrons. The van der Waals surface area contributed by atoms with Gasteiger partial charge in [-0.3, -0.25) is 0 Å². The van der Waals surface area contributed by atoms with Gasteiger partial charge < -0.3 is 10.2 Å². The Bertz CT molecular complexity index is 160. The molecule has 1 fully saturated rings. The molecule has 0 heterocycles. The van der Waals surface area contributed by atoms with Crippen molar-refractivity contribution in [1.82, 2.24) is 0 Å². The maximum absolute atomic E-state index is 9.85. The Balaban J connectivity index is 2.40. The van der Waals surface area contributed by atoms with Crippen molar-refractivity contribution in [2.75, 3.05) is 0 Å². The predicted molar refractivity (Wildman–Crippen MR) is 53.4 cm³/mol. The van der Waals surface area contributed by atoms with Crippen LogP contribution in [0.15, 0.2) is 0 Å². The Kier molecular flexibility index (Phi) is 3.36. The molecule has 1 saturated carbocycles. The van der Waals surface area contributed by atoms with Gasteiger partial charge >= 0.3 is 0 Å². The van der Waals surface area contributed by atoms with Crippen molar-refractivity contribution in [1.29, 1.82) is 0 Å². The van der Waals surface area contributed by atoms with Crippen molar-refractivity contribution in [2.45, 2.75) is 58.7 Å². The van der Waals surface area contributed by atoms with E-state index in [4.69, 9.17) is 0 Å². The van der Waals surface area contributed by atoms with Gasteiger partial charge in [-0.1, -0.05) is 27.2 Å². The van der Waals surface area contributed by atoms with Gasteiger partial charge in [-0.25, -0.2) is 0 Å². The fourth-order valence-corrected chi connectivity index (χ4v) is 1.93. The van der Waals surface area contributed by atoms with Crippen LogP contribution in [0.25, 0.3) is 0 Å². The Hall–Kier alpha value is -0.0800. The molecule has 0 aromatic rings. The van der Waals surface area contributed by atoms with E-state index in [1.165, 1.54) is 0 Å². The molecule has 0 amide bonds. The average molecular weight is 186 g/mol. The number of hydrogen-bond acceptors (Lipinski definition) is 2. The Morgan fingerprint density at radius 3 is 2.31 bits per heavy atom. The van der Waals surface area contributed by atoms with Crippen LogP contribution in [-0.2, 0) is 0 Å². The molecule has 3 atom stereocenters. The molecule has 0 aliphatic heterocycles. The van der Waals surface area contributed by atoms with Gasteiger partial charge in [-0.15, -0.1) is 0 Å². The van der Waals surface area contributed by atoms with Crippen LogP contribution in [0.4, 0.5) is 0 Å². The monoisotopic (exact) mass is 186 g/mol. The minimum Gasteiger partial charge on any atom is -0.393 e. The van der Waals surface area contributed by atoms with Crippen molar-refractivity contribution in [3.63, 3.8) is 0 Å². The maximum atomic E-state index is 9.85. The molecule has 1 rings (SSSR count). The van der Waals surface area contributed by atoms with Gasteiger partial charge in [0.25, 0.3) is 0 Å². The summed E-state index contributed by atoms with van der Waals surface area (Å²) in [7, 11) is 0. The molecule has 0 saturated heterocycles. The normalized spacial score (nSPS) is 32.1. The summed E-state index contributed by atoms with van der Waals surface area (Å²) in [5.74, 6) is 0.328. The van der Waals surface area contributed by atoms with Crippen molar-refractivity contribution >= 4 is 0 Å². The van der Waals surface area contributed by atoms with Crippen molar-refractivity contribution in [3.8, 4) is 0 Å². The van der Waals surface area contributed by atoms with Crippen LogP contribution < -0.4 is 0 Å². The first kappa shape index (κ1) is 11.0. The fraction of sp³-hybridized carbons (Fsp3) is 1.00. The molecule has 1 aliphatic carbocycles. The van der Waals surface area contributed by atoms with E-state index in [1.54, 1.807) is 0 Å². The van der Waals surface area contributed by atoms with Crippen molar-refractivity contribution in [3.05, 3.63) is 0 Å². The average Bonchev–Trinajstić information content (AvgIpc) is 2.34. The first-order valence-corrected chi connectivity index (χ1v) is 5.27. The molecule has 3 unspecified atom stereocenters. The summed E-state index contributed by atoms with van der Waals surface area (Å²) in [5.41, 5.74) is -0.0533. The minimum absolute atomic E-state index is 0.0533. The number of rotatable bonds is 2. The summed E-state index contributed by atoms with van der Waals surface area (Å²) >= 11 is 0. The zero-order valence-corrected chi connectivity index (χ0v) is 8.95. The number of aliphatic hydroxyl groups excluding tert-OH is 2. The second kappa shape index (κ2) is 3.97. The highest BCUT2D eigenvalue weighted by Crippen LogP contribution is 2.33. The summed E-state index contributed by atoms with van der Waals surface area (Å²) in [6.07, 6.45) is 3.41. The topological polar surface area (TPSA) is 40.5 Å². The van der Waals surface area contributed by atoms with Gasteiger partial charge in [-0.2, -0.15) is 0 Å². The van der Waals surface area contributed by atoms with Gasteiger partial charge in [0.1, 0.15) is 0 Å². The zero-order valence-electron chi connectivity index (χ0n) is 8.95. The lowest BCUT2D eigenvalue weighted by Gasteiger charge is -2.29. The van der Waals surface area contributed by atoms with Gasteiger partial charge in [-0.05, 0) is 30.6 Å². The largest absolute Gasteiger partial charge is 0.393 e. The van der Waals surface area contributed by atoms with Gasteiger partial charge in [0, 0.05) is 0 Å². The molecule has 2 nitrogen and oxygen atoms in total. The predicted octanol–water partition coefficient (Wildman–Crippen LogP) is 1.94. The molecule has 13 heavy (non-hydrogen) atoms. The maximum Gasteiger partial charge on any atom is 0.0592 e. The molecule has 0 bridgehead atoms. The molecular formula is C11H22O2. The van der Waals surface area contributed by atoms with E-state index in [0.717, 1.165) is 25.7 Å². The third kappa shape index (κ3) is 2.96. The van der Waals surface area contributed by atoms with E-state index in [-0.39, 0.29) is 17.6 Å². The van der Waals surface area contributed by atoms with Crippen molar-refractivity contribution in [2.24, 2.45) is 11.3 Å². The zero-order chi connectivity index (χ0) is 10.1. The molecule has 78 valence electrons. The Morgan fingerprint density at radius 2 is 1.92 bits per heavy atom. The highest BCUT2D eigenvalue weighted by Gasteiger charge is 2.31. The Labute approximate surface area is 81.0 Å². The lowest BCUT2D eigenvalue weighted by atomic mass is 9.83. The molecule has 0 spiro atoms. The quantitative estimate of drug-likeness (QED) is 0.692. The third-order valence-electron chi connectivity index (χ3n) is 3.14. The number of hydrogen-bond donors (Lipinski definition) is 2. The smallest absolute Gasteiger partial charge is 0.0592 e. The second-order valence-electron chi connectivity index (χ2n) is 5.38. The summed E-state index contributed by atoms with van der Waals surface area (Å²) < 4.78 is 0. The van der Waals surface area contributed by atoms with Crippen LogP contribution >= 0.6 is 0 Å². The van der Waals surface area contributed by atoms with Crippen LogP contribution in [-0.4, -0.2) is 22.4 Å². The van der Waals surface area contributed by atoms with Crippen LogP contribution in [0.2, 0.25) is 0 Å².